The molecule has 24 heavy (non-hydrogen) atoms. The fraction of sp³-hybridized carbons (Fsp3) is 0.647. The van der Waals surface area contributed by atoms with Gasteiger partial charge in [-0.3, -0.25) is 9.36 Å². The Labute approximate surface area is 140 Å². The molecule has 0 radical (unpaired) electrons. The molecular formula is C17H24N6O. The zero-order valence-electron chi connectivity index (χ0n) is 14.5. The van der Waals surface area contributed by atoms with Gasteiger partial charge in [0.1, 0.15) is 5.82 Å². The first-order valence-electron chi connectivity index (χ1n) is 8.99. The zero-order chi connectivity index (χ0) is 16.8. The summed E-state index contributed by atoms with van der Waals surface area (Å²) >= 11 is 0. The van der Waals surface area contributed by atoms with Gasteiger partial charge in [-0.1, -0.05) is 33.6 Å². The monoisotopic (exact) mass is 328 g/mol. The van der Waals surface area contributed by atoms with Gasteiger partial charge >= 0.3 is 5.56 Å². The number of rotatable bonds is 4. The van der Waals surface area contributed by atoms with Crippen molar-refractivity contribution in [1.82, 2.24) is 29.1 Å². The predicted octanol–water partition coefficient (Wildman–Crippen LogP) is 2.96. The Hall–Kier alpha value is -2.18. The number of imidazole rings is 1. The van der Waals surface area contributed by atoms with E-state index in [9.17, 15) is 4.79 Å². The number of H-pyrrole nitrogens is 1. The molecule has 0 spiro atoms. The first-order chi connectivity index (χ1) is 11.6. The first kappa shape index (κ1) is 15.4. The number of aryl methyl sites for hydroxylation is 1. The van der Waals surface area contributed by atoms with E-state index in [2.05, 4.69) is 22.0 Å². The van der Waals surface area contributed by atoms with Gasteiger partial charge in [-0.15, -0.1) is 5.10 Å². The molecule has 4 rings (SSSR count). The standard InChI is InChI=1S/C17H24N6O/c1-4-9-22-15-12(18-14(19-15)11-7-5-6-8-11)16(24)23-17(22)20-13(21-23)10(2)3/h10-11H,4-9H2,1-3H3,(H,18,19). The Morgan fingerprint density at radius 1 is 1.25 bits per heavy atom. The van der Waals surface area contributed by atoms with Gasteiger partial charge in [-0.2, -0.15) is 9.50 Å². The van der Waals surface area contributed by atoms with Crippen LogP contribution in [0.4, 0.5) is 0 Å². The molecule has 0 aromatic carbocycles. The van der Waals surface area contributed by atoms with E-state index in [1.54, 1.807) is 0 Å². The average molecular weight is 328 g/mol. The summed E-state index contributed by atoms with van der Waals surface area (Å²) in [5.74, 6) is 2.86. The quantitative estimate of drug-likeness (QED) is 0.798. The van der Waals surface area contributed by atoms with Gasteiger partial charge in [0.05, 0.1) is 0 Å². The molecule has 1 N–H and O–H groups in total. The van der Waals surface area contributed by atoms with E-state index in [4.69, 9.17) is 4.98 Å². The normalized spacial score (nSPS) is 16.2. The van der Waals surface area contributed by atoms with E-state index in [0.29, 0.717) is 23.0 Å². The summed E-state index contributed by atoms with van der Waals surface area (Å²) in [5.41, 5.74) is 1.13. The second-order valence-corrected chi connectivity index (χ2v) is 7.10. The summed E-state index contributed by atoms with van der Waals surface area (Å²) < 4.78 is 3.47. The average Bonchev–Trinajstić information content (AvgIpc) is 3.29. The minimum absolute atomic E-state index is 0.150. The largest absolute Gasteiger partial charge is 0.336 e. The second kappa shape index (κ2) is 5.72. The molecule has 0 amide bonds. The molecule has 1 aliphatic rings. The Balaban J connectivity index is 2.00. The molecule has 3 aromatic rings. The van der Waals surface area contributed by atoms with Crippen molar-refractivity contribution in [3.8, 4) is 0 Å². The Morgan fingerprint density at radius 2 is 2.00 bits per heavy atom. The SMILES string of the molecule is CCCn1c2nc(C3CCCC3)[nH]c2c(=O)n2nc(C(C)C)nc12. The second-order valence-electron chi connectivity index (χ2n) is 7.10. The lowest BCUT2D eigenvalue weighted by atomic mass is 10.1. The summed E-state index contributed by atoms with van der Waals surface area (Å²) in [6, 6.07) is 0. The highest BCUT2D eigenvalue weighted by molar-refractivity contribution is 5.72. The molecule has 0 aliphatic heterocycles. The molecule has 0 unspecified atom stereocenters. The number of fused-ring (bicyclic) bond motifs is 2. The summed E-state index contributed by atoms with van der Waals surface area (Å²) in [4.78, 5) is 25.6. The van der Waals surface area contributed by atoms with Gasteiger partial charge in [0.2, 0.25) is 5.78 Å². The third-order valence-electron chi connectivity index (χ3n) is 4.92. The van der Waals surface area contributed by atoms with Crippen molar-refractivity contribution in [2.24, 2.45) is 0 Å². The minimum Gasteiger partial charge on any atom is -0.336 e. The maximum atomic E-state index is 12.9. The Bertz CT molecular complexity index is 941. The summed E-state index contributed by atoms with van der Waals surface area (Å²) in [6.07, 6.45) is 5.72. The number of nitrogens with zero attached hydrogens (tertiary/aromatic N) is 5. The van der Waals surface area contributed by atoms with E-state index in [1.165, 1.54) is 17.4 Å². The molecule has 1 saturated carbocycles. The van der Waals surface area contributed by atoms with E-state index in [0.717, 1.165) is 37.3 Å². The van der Waals surface area contributed by atoms with Crippen LogP contribution in [-0.4, -0.2) is 29.1 Å². The van der Waals surface area contributed by atoms with Crippen LogP contribution in [0.3, 0.4) is 0 Å². The van der Waals surface area contributed by atoms with Crippen molar-refractivity contribution in [2.45, 2.75) is 71.3 Å². The fourth-order valence-corrected chi connectivity index (χ4v) is 3.62. The molecule has 1 aliphatic carbocycles. The van der Waals surface area contributed by atoms with Crippen LogP contribution in [0.1, 0.15) is 76.4 Å². The molecule has 0 atom stereocenters. The third-order valence-corrected chi connectivity index (χ3v) is 4.92. The smallest absolute Gasteiger partial charge is 0.301 e. The van der Waals surface area contributed by atoms with Crippen LogP contribution < -0.4 is 5.56 Å². The van der Waals surface area contributed by atoms with Crippen molar-refractivity contribution in [3.05, 3.63) is 22.0 Å². The van der Waals surface area contributed by atoms with E-state index >= 15 is 0 Å². The van der Waals surface area contributed by atoms with Crippen molar-refractivity contribution in [3.63, 3.8) is 0 Å². The van der Waals surface area contributed by atoms with Crippen LogP contribution in [0.15, 0.2) is 4.79 Å². The topological polar surface area (TPSA) is 80.9 Å². The van der Waals surface area contributed by atoms with Gasteiger partial charge in [0.15, 0.2) is 17.0 Å². The highest BCUT2D eigenvalue weighted by atomic mass is 16.1. The van der Waals surface area contributed by atoms with Gasteiger partial charge in [-0.25, -0.2) is 4.98 Å². The summed E-state index contributed by atoms with van der Waals surface area (Å²) in [6.45, 7) is 6.95. The van der Waals surface area contributed by atoms with Crippen LogP contribution in [0.25, 0.3) is 16.9 Å². The Kier molecular flexibility index (Phi) is 3.66. The zero-order valence-corrected chi connectivity index (χ0v) is 14.5. The van der Waals surface area contributed by atoms with Crippen LogP contribution in [0.2, 0.25) is 0 Å². The van der Waals surface area contributed by atoms with Crippen LogP contribution in [0.5, 0.6) is 0 Å². The van der Waals surface area contributed by atoms with Crippen molar-refractivity contribution in [1.29, 1.82) is 0 Å². The van der Waals surface area contributed by atoms with E-state index in [1.807, 2.05) is 18.4 Å². The van der Waals surface area contributed by atoms with Crippen molar-refractivity contribution < 1.29 is 0 Å². The van der Waals surface area contributed by atoms with Crippen LogP contribution in [-0.2, 0) is 6.54 Å². The maximum absolute atomic E-state index is 12.9. The Morgan fingerprint density at radius 3 is 2.67 bits per heavy atom. The summed E-state index contributed by atoms with van der Waals surface area (Å²) in [5, 5.41) is 4.44. The van der Waals surface area contributed by atoms with Crippen molar-refractivity contribution in [2.75, 3.05) is 0 Å². The molecule has 3 heterocycles. The van der Waals surface area contributed by atoms with Crippen LogP contribution >= 0.6 is 0 Å². The summed E-state index contributed by atoms with van der Waals surface area (Å²) in [7, 11) is 0. The number of hydrogen-bond donors (Lipinski definition) is 1. The van der Waals surface area contributed by atoms with Gasteiger partial charge in [0, 0.05) is 18.4 Å². The van der Waals surface area contributed by atoms with E-state index in [-0.39, 0.29) is 11.5 Å². The van der Waals surface area contributed by atoms with E-state index < -0.39 is 0 Å². The van der Waals surface area contributed by atoms with Gasteiger partial charge in [0.25, 0.3) is 0 Å². The third kappa shape index (κ3) is 2.25. The van der Waals surface area contributed by atoms with Gasteiger partial charge < -0.3 is 4.98 Å². The first-order valence-corrected chi connectivity index (χ1v) is 8.99. The maximum Gasteiger partial charge on any atom is 0.301 e. The molecule has 7 nitrogen and oxygen atoms in total. The van der Waals surface area contributed by atoms with Crippen molar-refractivity contribution >= 4 is 16.9 Å². The van der Waals surface area contributed by atoms with Gasteiger partial charge in [-0.05, 0) is 19.3 Å². The lowest BCUT2D eigenvalue weighted by Crippen LogP contribution is -2.20. The molecule has 3 aromatic heterocycles. The number of hydrogen-bond acceptors (Lipinski definition) is 4. The fourth-order valence-electron chi connectivity index (χ4n) is 3.62. The molecule has 0 saturated heterocycles. The number of aromatic amines is 1. The molecule has 7 heteroatoms. The van der Waals surface area contributed by atoms with Crippen LogP contribution in [0, 0.1) is 0 Å². The minimum atomic E-state index is -0.150. The number of aromatic nitrogens is 6. The highest BCUT2D eigenvalue weighted by Gasteiger charge is 2.24. The predicted molar refractivity (Wildman–Crippen MR) is 92.5 cm³/mol. The lowest BCUT2D eigenvalue weighted by molar-refractivity contribution is 0.670. The molecule has 1 fully saturated rings. The molecule has 0 bridgehead atoms. The highest BCUT2D eigenvalue weighted by Crippen LogP contribution is 2.33. The molecular weight excluding hydrogens is 304 g/mol. The molecule has 128 valence electrons. The number of nitrogens with one attached hydrogen (secondary N) is 1. The lowest BCUT2D eigenvalue weighted by Gasteiger charge is -2.06.